The Labute approximate surface area is 84.4 Å². The predicted octanol–water partition coefficient (Wildman–Crippen LogP) is -0.881. The minimum Gasteiger partial charge on any atom is -0.380 e. The van der Waals surface area contributed by atoms with Gasteiger partial charge in [-0.1, -0.05) is 5.10 Å². The summed E-state index contributed by atoms with van der Waals surface area (Å²) in [4.78, 5) is 11.0. The Hall–Kier alpha value is -1.18. The molecule has 7 nitrogen and oxygen atoms in total. The largest absolute Gasteiger partial charge is 0.380 e. The van der Waals surface area contributed by atoms with Gasteiger partial charge in [0.1, 0.15) is 10.6 Å². The van der Waals surface area contributed by atoms with Gasteiger partial charge in [0.15, 0.2) is 5.60 Å². The summed E-state index contributed by atoms with van der Waals surface area (Å²) in [6.07, 6.45) is 1.58. The molecule has 2 heterocycles. The molecular weight excluding hydrogens is 202 g/mol. The molecule has 0 spiro atoms. The lowest BCUT2D eigenvalue weighted by molar-refractivity contribution is -0.754. The van der Waals surface area contributed by atoms with Crippen molar-refractivity contribution >= 4 is 0 Å². The van der Waals surface area contributed by atoms with Crippen molar-refractivity contribution in [1.29, 1.82) is 0 Å². The highest BCUT2D eigenvalue weighted by atomic mass is 16.6. The molecule has 0 aromatic carbocycles. The van der Waals surface area contributed by atoms with Crippen molar-refractivity contribution in [2.45, 2.75) is 30.9 Å². The number of hydrogen-bond donors (Lipinski definition) is 3. The molecule has 0 radical (unpaired) electrons. The van der Waals surface area contributed by atoms with Gasteiger partial charge in [0.2, 0.25) is 5.76 Å². The van der Waals surface area contributed by atoms with E-state index in [-0.39, 0.29) is 16.5 Å². The number of nitrogens with one attached hydrogen (secondary N) is 1. The fraction of sp³-hybridized carbons (Fsp3) is 0.750. The van der Waals surface area contributed by atoms with Gasteiger partial charge < -0.3 is 10.3 Å². The molecule has 1 aliphatic heterocycles. The van der Waals surface area contributed by atoms with Crippen LogP contribution in [0, 0.1) is 4.91 Å². The summed E-state index contributed by atoms with van der Waals surface area (Å²) in [5, 5.41) is 23.5. The third kappa shape index (κ3) is 1.05. The minimum atomic E-state index is -1.23. The zero-order chi connectivity index (χ0) is 10.6. The van der Waals surface area contributed by atoms with Crippen molar-refractivity contribution in [3.8, 4) is 0 Å². The van der Waals surface area contributed by atoms with Crippen LogP contribution in [0.5, 0.6) is 0 Å². The Kier molecular flexibility index (Phi) is 1.63. The number of H-pyrrole nitrogens is 1. The van der Waals surface area contributed by atoms with Gasteiger partial charge in [-0.2, -0.15) is 9.59 Å². The van der Waals surface area contributed by atoms with Crippen molar-refractivity contribution in [3.05, 3.63) is 16.4 Å². The molecule has 1 saturated heterocycles. The minimum absolute atomic E-state index is 0.241. The maximum absolute atomic E-state index is 11.0. The average molecular weight is 214 g/mol. The molecule has 3 rings (SSSR count). The Morgan fingerprint density at radius 1 is 1.67 bits per heavy atom. The average Bonchev–Trinajstić information content (AvgIpc) is 2.69. The standard InChI is InChI=1S/C8H12N3O4/c12-8-3-4-10(13)6(8)2-1-5-7(8)15-11(14)9-5/h6,12-13H,1-4H2,(H,9,14)/q+1/t6-,8+/m1/s1. The monoisotopic (exact) mass is 214 g/mol. The number of aliphatic hydroxyl groups is 1. The van der Waals surface area contributed by atoms with Crippen LogP contribution in [0.15, 0.2) is 4.52 Å². The van der Waals surface area contributed by atoms with E-state index < -0.39 is 5.60 Å². The molecule has 15 heavy (non-hydrogen) atoms. The van der Waals surface area contributed by atoms with Gasteiger partial charge >= 0.3 is 4.71 Å². The Morgan fingerprint density at radius 2 is 2.47 bits per heavy atom. The van der Waals surface area contributed by atoms with Crippen LogP contribution >= 0.6 is 0 Å². The molecule has 2 atom stereocenters. The van der Waals surface area contributed by atoms with Gasteiger partial charge in [0, 0.05) is 13.0 Å². The molecular formula is C8H12N3O4+. The number of rotatable bonds is 0. The number of aromatic amines is 1. The van der Waals surface area contributed by atoms with Crippen molar-refractivity contribution in [2.24, 2.45) is 0 Å². The Balaban J connectivity index is 2.15. The SMILES string of the molecule is O=[n+]1[nH]c2c(o1)[C@]1(O)CCN(O)[C@@H]1CC2. The van der Waals surface area contributed by atoms with E-state index in [1.165, 1.54) is 0 Å². The van der Waals surface area contributed by atoms with Gasteiger partial charge in [-0.3, -0.25) is 0 Å². The van der Waals surface area contributed by atoms with E-state index >= 15 is 0 Å². The van der Waals surface area contributed by atoms with E-state index in [0.29, 0.717) is 31.5 Å². The number of hydrogen-bond acceptors (Lipinski definition) is 5. The molecule has 0 bridgehead atoms. The Bertz CT molecular complexity index is 453. The quantitative estimate of drug-likeness (QED) is 0.521. The van der Waals surface area contributed by atoms with E-state index in [9.17, 15) is 15.2 Å². The molecule has 2 aliphatic rings. The third-order valence-corrected chi connectivity index (χ3v) is 3.37. The molecule has 1 aromatic heterocycles. The lowest BCUT2D eigenvalue weighted by Crippen LogP contribution is -2.44. The van der Waals surface area contributed by atoms with Gasteiger partial charge in [-0.15, -0.1) is 0 Å². The maximum Gasteiger partial charge on any atom is 0.367 e. The number of aryl methyl sites for hydroxylation is 1. The van der Waals surface area contributed by atoms with Gasteiger partial charge in [-0.05, 0) is 12.8 Å². The van der Waals surface area contributed by atoms with Crippen LogP contribution in [0.4, 0.5) is 0 Å². The first-order chi connectivity index (χ1) is 7.11. The molecule has 0 saturated carbocycles. The second-order valence-electron chi connectivity index (χ2n) is 4.16. The first-order valence-corrected chi connectivity index (χ1v) is 4.94. The molecule has 1 aromatic rings. The molecule has 82 valence electrons. The third-order valence-electron chi connectivity index (χ3n) is 3.37. The van der Waals surface area contributed by atoms with Crippen LogP contribution in [-0.2, 0) is 12.0 Å². The topological polar surface area (TPSA) is 95.6 Å². The second kappa shape index (κ2) is 2.69. The second-order valence-corrected chi connectivity index (χ2v) is 4.16. The molecule has 0 unspecified atom stereocenters. The van der Waals surface area contributed by atoms with Crippen molar-refractivity contribution in [3.63, 3.8) is 0 Å². The summed E-state index contributed by atoms with van der Waals surface area (Å²) in [6, 6.07) is -0.371. The fourth-order valence-corrected chi connectivity index (χ4v) is 2.62. The number of nitrogens with zero attached hydrogens (tertiary/aromatic N) is 2. The zero-order valence-electron chi connectivity index (χ0n) is 8.01. The van der Waals surface area contributed by atoms with E-state index in [1.807, 2.05) is 0 Å². The summed E-state index contributed by atoms with van der Waals surface area (Å²) < 4.78 is 5.13. The number of aromatic nitrogens is 2. The van der Waals surface area contributed by atoms with Crippen LogP contribution in [-0.4, -0.2) is 33.1 Å². The molecule has 7 heteroatoms. The fourth-order valence-electron chi connectivity index (χ4n) is 2.62. The van der Waals surface area contributed by atoms with Gasteiger partial charge in [0.05, 0.1) is 6.04 Å². The van der Waals surface area contributed by atoms with Crippen LogP contribution in [0.3, 0.4) is 0 Å². The van der Waals surface area contributed by atoms with E-state index in [2.05, 4.69) is 5.10 Å². The highest BCUT2D eigenvalue weighted by Gasteiger charge is 2.55. The smallest absolute Gasteiger partial charge is 0.367 e. The first kappa shape index (κ1) is 9.08. The molecule has 3 N–H and O–H groups in total. The lowest BCUT2D eigenvalue weighted by Gasteiger charge is -2.31. The van der Waals surface area contributed by atoms with Crippen LogP contribution < -0.4 is 4.71 Å². The molecule has 1 fully saturated rings. The molecule has 1 aliphatic carbocycles. The van der Waals surface area contributed by atoms with Gasteiger partial charge in [0.25, 0.3) is 0 Å². The van der Waals surface area contributed by atoms with Crippen LogP contribution in [0.2, 0.25) is 0 Å². The van der Waals surface area contributed by atoms with E-state index in [1.54, 1.807) is 0 Å². The highest BCUT2D eigenvalue weighted by Crippen LogP contribution is 2.43. The highest BCUT2D eigenvalue weighted by molar-refractivity contribution is 5.23. The van der Waals surface area contributed by atoms with Crippen molar-refractivity contribution in [1.82, 2.24) is 10.2 Å². The van der Waals surface area contributed by atoms with Gasteiger partial charge in [-0.25, -0.2) is 0 Å². The van der Waals surface area contributed by atoms with Crippen LogP contribution in [0.25, 0.3) is 0 Å². The molecule has 0 amide bonds. The number of fused-ring (bicyclic) bond motifs is 3. The Morgan fingerprint density at radius 3 is 3.27 bits per heavy atom. The van der Waals surface area contributed by atoms with E-state index in [4.69, 9.17) is 4.52 Å². The summed E-state index contributed by atoms with van der Waals surface area (Å²) in [5.74, 6) is 0.269. The normalized spacial score (nSPS) is 35.2. The van der Waals surface area contributed by atoms with Crippen molar-refractivity contribution in [2.75, 3.05) is 6.54 Å². The van der Waals surface area contributed by atoms with E-state index in [0.717, 1.165) is 5.06 Å². The predicted molar refractivity (Wildman–Crippen MR) is 45.5 cm³/mol. The van der Waals surface area contributed by atoms with Crippen LogP contribution in [0.1, 0.15) is 24.3 Å². The zero-order valence-corrected chi connectivity index (χ0v) is 8.01. The summed E-state index contributed by atoms with van der Waals surface area (Å²) in [6.45, 7) is 0.389. The maximum atomic E-state index is 11.0. The number of hydroxylamine groups is 2. The lowest BCUT2D eigenvalue weighted by atomic mass is 9.82. The summed E-state index contributed by atoms with van der Waals surface area (Å²) in [7, 11) is 0. The summed E-state index contributed by atoms with van der Waals surface area (Å²) in [5.41, 5.74) is -0.604. The first-order valence-electron chi connectivity index (χ1n) is 4.94. The van der Waals surface area contributed by atoms with Crippen molar-refractivity contribution < 1.29 is 19.6 Å². The summed E-state index contributed by atoms with van der Waals surface area (Å²) >= 11 is 0.